The second-order valence-corrected chi connectivity index (χ2v) is 8.56. The van der Waals surface area contributed by atoms with Crippen molar-refractivity contribution >= 4 is 67.4 Å². The van der Waals surface area contributed by atoms with Crippen molar-refractivity contribution in [1.82, 2.24) is 9.88 Å². The summed E-state index contributed by atoms with van der Waals surface area (Å²) < 4.78 is 6.30. The van der Waals surface area contributed by atoms with E-state index >= 15 is 0 Å². The fourth-order valence-electron chi connectivity index (χ4n) is 3.17. The highest BCUT2D eigenvalue weighted by Crippen LogP contribution is 2.39. The van der Waals surface area contributed by atoms with Crippen molar-refractivity contribution in [2.75, 3.05) is 38.2 Å². The smallest absolute Gasteiger partial charge is 0.255 e. The fraction of sp³-hybridized carbons (Fsp3) is 0.263. The highest BCUT2D eigenvalue weighted by molar-refractivity contribution is 7.22. The number of amides is 1. The minimum absolute atomic E-state index is 0.110. The van der Waals surface area contributed by atoms with Crippen molar-refractivity contribution in [1.29, 1.82) is 0 Å². The van der Waals surface area contributed by atoms with Gasteiger partial charge in [0.05, 0.1) is 27.4 Å². The van der Waals surface area contributed by atoms with E-state index in [0.29, 0.717) is 52.6 Å². The topological polar surface area (TPSA) is 45.7 Å². The normalized spacial score (nSPS) is 14.6. The summed E-state index contributed by atoms with van der Waals surface area (Å²) in [4.78, 5) is 21.5. The molecule has 2 heterocycles. The Labute approximate surface area is 181 Å². The molecule has 28 heavy (non-hydrogen) atoms. The molecule has 0 N–H and O–H groups in total. The molecule has 0 atom stereocenters. The largest absolute Gasteiger partial charge is 0.494 e. The summed E-state index contributed by atoms with van der Waals surface area (Å²) in [7, 11) is 1.62. The van der Waals surface area contributed by atoms with E-state index in [1.165, 1.54) is 11.3 Å². The Morgan fingerprint density at radius 1 is 1.07 bits per heavy atom. The highest BCUT2D eigenvalue weighted by Gasteiger charge is 2.26. The maximum absolute atomic E-state index is 12.8. The average Bonchev–Trinajstić information content (AvgIpc) is 3.16. The third-order valence-corrected chi connectivity index (χ3v) is 6.80. The Balaban J connectivity index is 1.51. The predicted molar refractivity (Wildman–Crippen MR) is 116 cm³/mol. The lowest BCUT2D eigenvalue weighted by molar-refractivity contribution is 0.0747. The maximum Gasteiger partial charge on any atom is 0.255 e. The minimum atomic E-state index is -0.110. The summed E-state index contributed by atoms with van der Waals surface area (Å²) in [6.45, 7) is 2.48. The third-order valence-electron chi connectivity index (χ3n) is 4.66. The van der Waals surface area contributed by atoms with Crippen molar-refractivity contribution in [3.8, 4) is 5.75 Å². The van der Waals surface area contributed by atoms with Gasteiger partial charge in [0, 0.05) is 31.2 Å². The van der Waals surface area contributed by atoms with Crippen molar-refractivity contribution in [2.45, 2.75) is 0 Å². The van der Waals surface area contributed by atoms with Gasteiger partial charge in [-0.2, -0.15) is 0 Å². The number of fused-ring (bicyclic) bond motifs is 1. The zero-order chi connectivity index (χ0) is 19.8. The molecule has 1 aliphatic rings. The van der Waals surface area contributed by atoms with Crippen molar-refractivity contribution < 1.29 is 9.53 Å². The van der Waals surface area contributed by atoms with E-state index in [-0.39, 0.29) is 5.91 Å². The number of ether oxygens (including phenoxy) is 1. The number of hydrogen-bond acceptors (Lipinski definition) is 5. The molecule has 2 aromatic carbocycles. The lowest BCUT2D eigenvalue weighted by Gasteiger charge is -2.34. The first kappa shape index (κ1) is 19.6. The number of hydrogen-bond donors (Lipinski definition) is 0. The molecule has 1 amide bonds. The maximum atomic E-state index is 12.8. The van der Waals surface area contributed by atoms with Crippen LogP contribution in [0.1, 0.15) is 10.4 Å². The lowest BCUT2D eigenvalue weighted by atomic mass is 10.2. The lowest BCUT2D eigenvalue weighted by Crippen LogP contribution is -2.48. The Morgan fingerprint density at radius 3 is 2.50 bits per heavy atom. The number of halogens is 3. The molecule has 9 heteroatoms. The summed E-state index contributed by atoms with van der Waals surface area (Å²) in [5, 5.41) is 2.43. The number of thiazole rings is 1. The molecule has 0 aliphatic carbocycles. The molecular formula is C19H16Cl3N3O2S. The summed E-state index contributed by atoms with van der Waals surface area (Å²) in [6, 6.07) is 8.56. The number of anilines is 1. The first-order valence-electron chi connectivity index (χ1n) is 8.60. The molecule has 5 nitrogen and oxygen atoms in total. The Kier molecular flexibility index (Phi) is 5.56. The SMILES string of the molecule is COc1ccc(Cl)c2sc(N3CCN(C(=O)c4cc(Cl)ccc4Cl)CC3)nc12. The van der Waals surface area contributed by atoms with Crippen LogP contribution in [0.25, 0.3) is 10.2 Å². The van der Waals surface area contributed by atoms with Gasteiger partial charge in [-0.3, -0.25) is 4.79 Å². The van der Waals surface area contributed by atoms with Crippen LogP contribution in [-0.2, 0) is 0 Å². The number of piperazine rings is 1. The van der Waals surface area contributed by atoms with Gasteiger partial charge in [0.15, 0.2) is 5.13 Å². The van der Waals surface area contributed by atoms with Gasteiger partial charge < -0.3 is 14.5 Å². The molecule has 0 unspecified atom stereocenters. The van der Waals surface area contributed by atoms with Gasteiger partial charge in [-0.25, -0.2) is 4.98 Å². The predicted octanol–water partition coefficient (Wildman–Crippen LogP) is 5.23. The second kappa shape index (κ2) is 7.95. The van der Waals surface area contributed by atoms with Crippen LogP contribution in [0.15, 0.2) is 30.3 Å². The van der Waals surface area contributed by atoms with Crippen LogP contribution in [0, 0.1) is 0 Å². The van der Waals surface area contributed by atoms with Crippen LogP contribution in [0.2, 0.25) is 15.1 Å². The number of aromatic nitrogens is 1. The molecule has 1 fully saturated rings. The van der Waals surface area contributed by atoms with E-state index in [0.717, 1.165) is 15.3 Å². The standard InChI is InChI=1S/C19H16Cl3N3O2S/c1-27-15-5-4-14(22)17-16(15)23-19(28-17)25-8-6-24(7-9-25)18(26)12-10-11(20)2-3-13(12)21/h2-5,10H,6-9H2,1H3. The number of nitrogens with zero attached hydrogens (tertiary/aromatic N) is 3. The number of carbonyl (C=O) groups is 1. The van der Waals surface area contributed by atoms with Gasteiger partial charge in [-0.15, -0.1) is 0 Å². The molecule has 4 rings (SSSR count). The first-order chi connectivity index (χ1) is 13.5. The van der Waals surface area contributed by atoms with Crippen molar-refractivity contribution in [2.24, 2.45) is 0 Å². The van der Waals surface area contributed by atoms with Crippen molar-refractivity contribution in [3.05, 3.63) is 51.0 Å². The van der Waals surface area contributed by atoms with Crippen molar-refractivity contribution in [3.63, 3.8) is 0 Å². The summed E-state index contributed by atoms with van der Waals surface area (Å²) >= 11 is 20.0. The van der Waals surface area contributed by atoms with E-state index in [1.807, 2.05) is 12.1 Å². The third kappa shape index (κ3) is 3.62. The molecule has 0 radical (unpaired) electrons. The Hall–Kier alpha value is -1.73. The second-order valence-electron chi connectivity index (χ2n) is 6.33. The molecule has 0 spiro atoms. The van der Waals surface area contributed by atoms with E-state index < -0.39 is 0 Å². The number of rotatable bonds is 3. The first-order valence-corrected chi connectivity index (χ1v) is 10.6. The monoisotopic (exact) mass is 455 g/mol. The van der Waals surface area contributed by atoms with Gasteiger partial charge in [-0.1, -0.05) is 46.1 Å². The Bertz CT molecular complexity index is 1050. The van der Waals surface area contributed by atoms with Gasteiger partial charge in [0.25, 0.3) is 5.91 Å². The van der Waals surface area contributed by atoms with E-state index in [9.17, 15) is 4.79 Å². The average molecular weight is 457 g/mol. The van der Waals surface area contributed by atoms with Gasteiger partial charge >= 0.3 is 0 Å². The Morgan fingerprint density at radius 2 is 1.79 bits per heavy atom. The number of methoxy groups -OCH3 is 1. The molecule has 3 aromatic rings. The molecule has 0 bridgehead atoms. The quantitative estimate of drug-likeness (QED) is 0.541. The molecule has 146 valence electrons. The number of benzene rings is 2. The van der Waals surface area contributed by atoms with Gasteiger partial charge in [0.1, 0.15) is 11.3 Å². The van der Waals surface area contributed by atoms with Crippen LogP contribution in [0.5, 0.6) is 5.75 Å². The molecule has 0 saturated carbocycles. The summed E-state index contributed by atoms with van der Waals surface area (Å²) in [6.07, 6.45) is 0. The fourth-order valence-corrected chi connectivity index (χ4v) is 4.85. The van der Waals surface area contributed by atoms with Crippen LogP contribution in [0.4, 0.5) is 5.13 Å². The van der Waals surface area contributed by atoms with E-state index in [2.05, 4.69) is 4.90 Å². The van der Waals surface area contributed by atoms with Crippen LogP contribution in [0.3, 0.4) is 0 Å². The zero-order valence-electron chi connectivity index (χ0n) is 14.9. The van der Waals surface area contributed by atoms with Crippen LogP contribution < -0.4 is 9.64 Å². The van der Waals surface area contributed by atoms with Gasteiger partial charge in [0.2, 0.25) is 0 Å². The summed E-state index contributed by atoms with van der Waals surface area (Å²) in [5.41, 5.74) is 1.19. The van der Waals surface area contributed by atoms with E-state index in [1.54, 1.807) is 30.2 Å². The highest BCUT2D eigenvalue weighted by atomic mass is 35.5. The van der Waals surface area contributed by atoms with Gasteiger partial charge in [-0.05, 0) is 30.3 Å². The zero-order valence-corrected chi connectivity index (χ0v) is 18.0. The molecule has 1 aromatic heterocycles. The molecule has 1 saturated heterocycles. The molecule has 1 aliphatic heterocycles. The summed E-state index contributed by atoms with van der Waals surface area (Å²) in [5.74, 6) is 0.590. The van der Waals surface area contributed by atoms with E-state index in [4.69, 9.17) is 44.5 Å². The minimum Gasteiger partial charge on any atom is -0.494 e. The van der Waals surface area contributed by atoms with Crippen LogP contribution >= 0.6 is 46.1 Å². The number of carbonyl (C=O) groups excluding carboxylic acids is 1. The molecular weight excluding hydrogens is 441 g/mol. The van der Waals surface area contributed by atoms with Crippen LogP contribution in [-0.4, -0.2) is 49.1 Å².